The van der Waals surface area contributed by atoms with Crippen LogP contribution in [-0.2, 0) is 4.74 Å². The highest BCUT2D eigenvalue weighted by molar-refractivity contribution is 9.10. The Balaban J connectivity index is 2.32. The monoisotopic (exact) mass is 282 g/mol. The summed E-state index contributed by atoms with van der Waals surface area (Å²) in [5.74, 6) is 6.51. The molecule has 0 aromatic heterocycles. The molecule has 0 fully saturated rings. The smallest absolute Gasteiger partial charge is 0.115 e. The molecule has 0 bridgehead atoms. The zero-order chi connectivity index (χ0) is 11.5. The average molecular weight is 283 g/mol. The lowest BCUT2D eigenvalue weighted by Gasteiger charge is -2.19. The number of benzene rings is 1. The molecule has 1 aromatic rings. The van der Waals surface area contributed by atoms with E-state index in [2.05, 4.69) is 52.6 Å². The quantitative estimate of drug-likeness (QED) is 0.662. The Morgan fingerprint density at radius 1 is 1.50 bits per heavy atom. The SMILES string of the molecule is Cc1ccc(C(NN)C2=CCCO2)c(Br)c1. The van der Waals surface area contributed by atoms with Gasteiger partial charge < -0.3 is 4.74 Å². The Morgan fingerprint density at radius 3 is 2.88 bits per heavy atom. The zero-order valence-corrected chi connectivity index (χ0v) is 10.8. The summed E-state index contributed by atoms with van der Waals surface area (Å²) in [5, 5.41) is 0. The maximum atomic E-state index is 5.60. The molecular formula is C12H15BrN2O. The van der Waals surface area contributed by atoms with Gasteiger partial charge in [0.15, 0.2) is 0 Å². The molecule has 4 heteroatoms. The first kappa shape index (κ1) is 11.6. The topological polar surface area (TPSA) is 47.3 Å². The summed E-state index contributed by atoms with van der Waals surface area (Å²) < 4.78 is 6.59. The van der Waals surface area contributed by atoms with Gasteiger partial charge in [0, 0.05) is 10.9 Å². The van der Waals surface area contributed by atoms with E-state index in [-0.39, 0.29) is 6.04 Å². The standard InChI is InChI=1S/C12H15BrN2O/c1-8-4-5-9(10(13)7-8)12(15-14)11-3-2-6-16-11/h3-5,7,12,15H,2,6,14H2,1H3. The van der Waals surface area contributed by atoms with Crippen LogP contribution in [0, 0.1) is 6.92 Å². The van der Waals surface area contributed by atoms with Crippen LogP contribution < -0.4 is 11.3 Å². The van der Waals surface area contributed by atoms with Crippen LogP contribution in [0.25, 0.3) is 0 Å². The molecule has 1 aliphatic heterocycles. The number of hydrogen-bond acceptors (Lipinski definition) is 3. The van der Waals surface area contributed by atoms with Crippen molar-refractivity contribution in [3.63, 3.8) is 0 Å². The van der Waals surface area contributed by atoms with Crippen molar-refractivity contribution in [3.8, 4) is 0 Å². The van der Waals surface area contributed by atoms with Gasteiger partial charge in [-0.25, -0.2) is 5.43 Å². The zero-order valence-electron chi connectivity index (χ0n) is 9.16. The molecule has 0 spiro atoms. The molecule has 1 heterocycles. The summed E-state index contributed by atoms with van der Waals surface area (Å²) in [6.45, 7) is 2.81. The molecule has 0 radical (unpaired) electrons. The molecule has 16 heavy (non-hydrogen) atoms. The summed E-state index contributed by atoms with van der Waals surface area (Å²) in [4.78, 5) is 0. The molecule has 0 saturated heterocycles. The van der Waals surface area contributed by atoms with E-state index in [1.54, 1.807) is 0 Å². The number of nitrogens with two attached hydrogens (primary N) is 1. The molecule has 1 aromatic carbocycles. The molecule has 3 N–H and O–H groups in total. The number of ether oxygens (including phenoxy) is 1. The van der Waals surface area contributed by atoms with E-state index in [4.69, 9.17) is 10.6 Å². The number of aryl methyl sites for hydroxylation is 1. The fourth-order valence-electron chi connectivity index (χ4n) is 1.83. The molecule has 1 unspecified atom stereocenters. The van der Waals surface area contributed by atoms with Gasteiger partial charge in [-0.1, -0.05) is 28.1 Å². The van der Waals surface area contributed by atoms with Gasteiger partial charge in [-0.15, -0.1) is 0 Å². The first-order chi connectivity index (χ1) is 7.72. The lowest BCUT2D eigenvalue weighted by Crippen LogP contribution is -2.30. The van der Waals surface area contributed by atoms with Crippen LogP contribution in [0.2, 0.25) is 0 Å². The molecule has 3 nitrogen and oxygen atoms in total. The van der Waals surface area contributed by atoms with Crippen LogP contribution in [0.15, 0.2) is 34.5 Å². The van der Waals surface area contributed by atoms with Crippen molar-refractivity contribution in [2.75, 3.05) is 6.61 Å². The van der Waals surface area contributed by atoms with Crippen molar-refractivity contribution in [1.29, 1.82) is 0 Å². The van der Waals surface area contributed by atoms with Gasteiger partial charge in [-0.3, -0.25) is 5.84 Å². The normalized spacial score (nSPS) is 16.8. The van der Waals surface area contributed by atoms with Gasteiger partial charge in [0.05, 0.1) is 6.61 Å². The van der Waals surface area contributed by atoms with E-state index in [1.165, 1.54) is 5.56 Å². The third kappa shape index (κ3) is 2.29. The van der Waals surface area contributed by atoms with E-state index in [9.17, 15) is 0 Å². The van der Waals surface area contributed by atoms with Gasteiger partial charge in [-0.2, -0.15) is 0 Å². The van der Waals surface area contributed by atoms with Gasteiger partial charge in [0.25, 0.3) is 0 Å². The predicted molar refractivity (Wildman–Crippen MR) is 67.6 cm³/mol. The summed E-state index contributed by atoms with van der Waals surface area (Å²) in [6.07, 6.45) is 3.04. The average Bonchev–Trinajstić information content (AvgIpc) is 2.75. The number of nitrogens with one attached hydrogen (secondary N) is 1. The fraction of sp³-hybridized carbons (Fsp3) is 0.333. The third-order valence-corrected chi connectivity index (χ3v) is 3.34. The summed E-state index contributed by atoms with van der Waals surface area (Å²) in [6, 6.07) is 6.14. The van der Waals surface area contributed by atoms with Gasteiger partial charge in [0.1, 0.15) is 11.8 Å². The second-order valence-electron chi connectivity index (χ2n) is 3.87. The van der Waals surface area contributed by atoms with Gasteiger partial charge >= 0.3 is 0 Å². The van der Waals surface area contributed by atoms with E-state index in [0.29, 0.717) is 0 Å². The Hall–Kier alpha value is -0.840. The molecular weight excluding hydrogens is 268 g/mol. The minimum Gasteiger partial charge on any atom is -0.496 e. The van der Waals surface area contributed by atoms with Crippen molar-refractivity contribution in [2.45, 2.75) is 19.4 Å². The first-order valence-corrected chi connectivity index (χ1v) is 6.06. The van der Waals surface area contributed by atoms with Crippen LogP contribution in [0.3, 0.4) is 0 Å². The Kier molecular flexibility index (Phi) is 3.63. The Morgan fingerprint density at radius 2 is 2.31 bits per heavy atom. The summed E-state index contributed by atoms with van der Waals surface area (Å²) in [7, 11) is 0. The molecule has 0 amide bonds. The minimum absolute atomic E-state index is 0.0718. The molecule has 86 valence electrons. The summed E-state index contributed by atoms with van der Waals surface area (Å²) >= 11 is 3.56. The van der Waals surface area contributed by atoms with Crippen LogP contribution in [0.4, 0.5) is 0 Å². The fourth-order valence-corrected chi connectivity index (χ4v) is 2.55. The number of hydrogen-bond donors (Lipinski definition) is 2. The predicted octanol–water partition coefficient (Wildman–Crippen LogP) is 2.57. The van der Waals surface area contributed by atoms with Crippen molar-refractivity contribution >= 4 is 15.9 Å². The maximum absolute atomic E-state index is 5.60. The van der Waals surface area contributed by atoms with E-state index >= 15 is 0 Å². The second kappa shape index (κ2) is 4.99. The largest absolute Gasteiger partial charge is 0.496 e. The molecule has 0 aliphatic carbocycles. The Labute approximate surface area is 104 Å². The maximum Gasteiger partial charge on any atom is 0.115 e. The van der Waals surface area contributed by atoms with Crippen LogP contribution in [0.5, 0.6) is 0 Å². The van der Waals surface area contributed by atoms with Crippen molar-refractivity contribution in [3.05, 3.63) is 45.6 Å². The number of hydrazine groups is 1. The highest BCUT2D eigenvalue weighted by Gasteiger charge is 2.21. The molecule has 0 saturated carbocycles. The van der Waals surface area contributed by atoms with E-state index in [0.717, 1.165) is 28.8 Å². The van der Waals surface area contributed by atoms with Gasteiger partial charge in [-0.05, 0) is 30.2 Å². The third-order valence-electron chi connectivity index (χ3n) is 2.65. The molecule has 1 atom stereocenters. The highest BCUT2D eigenvalue weighted by Crippen LogP contribution is 2.31. The summed E-state index contributed by atoms with van der Waals surface area (Å²) in [5.41, 5.74) is 5.11. The number of halogens is 1. The van der Waals surface area contributed by atoms with Crippen molar-refractivity contribution < 1.29 is 4.74 Å². The van der Waals surface area contributed by atoms with E-state index in [1.807, 2.05) is 0 Å². The van der Waals surface area contributed by atoms with Gasteiger partial charge in [0.2, 0.25) is 0 Å². The van der Waals surface area contributed by atoms with E-state index < -0.39 is 0 Å². The minimum atomic E-state index is -0.0718. The lowest BCUT2D eigenvalue weighted by molar-refractivity contribution is 0.215. The Bertz CT molecular complexity index is 417. The second-order valence-corrected chi connectivity index (χ2v) is 4.72. The first-order valence-electron chi connectivity index (χ1n) is 5.27. The number of rotatable bonds is 3. The molecule has 1 aliphatic rings. The van der Waals surface area contributed by atoms with Crippen LogP contribution in [0.1, 0.15) is 23.6 Å². The van der Waals surface area contributed by atoms with Crippen molar-refractivity contribution in [2.24, 2.45) is 5.84 Å². The molecule has 2 rings (SSSR count). The highest BCUT2D eigenvalue weighted by atomic mass is 79.9. The lowest BCUT2D eigenvalue weighted by atomic mass is 10.0. The van der Waals surface area contributed by atoms with Crippen molar-refractivity contribution in [1.82, 2.24) is 5.43 Å². The van der Waals surface area contributed by atoms with Crippen LogP contribution >= 0.6 is 15.9 Å². The van der Waals surface area contributed by atoms with Crippen LogP contribution in [-0.4, -0.2) is 6.61 Å².